The van der Waals surface area contributed by atoms with Crippen LogP contribution in [-0.4, -0.2) is 80.8 Å². The van der Waals surface area contributed by atoms with E-state index in [1.165, 1.54) is 54.4 Å². The summed E-state index contributed by atoms with van der Waals surface area (Å²) in [5.74, 6) is -4.65. The minimum atomic E-state index is -0.846. The van der Waals surface area contributed by atoms with Crippen LogP contribution in [0.2, 0.25) is 0 Å². The molecule has 0 aromatic heterocycles. The van der Waals surface area contributed by atoms with Crippen LogP contribution in [0.25, 0.3) is 0 Å². The molecule has 0 aliphatic heterocycles. The first kappa shape index (κ1) is 33.9. The van der Waals surface area contributed by atoms with Crippen molar-refractivity contribution in [2.24, 2.45) is 11.8 Å². The number of ether oxygens (including phenoxy) is 5. The fraction of sp³-hybridized carbons (Fsp3) is 0.412. The van der Waals surface area contributed by atoms with Crippen LogP contribution >= 0.6 is 0 Å². The van der Waals surface area contributed by atoms with Crippen molar-refractivity contribution in [3.63, 3.8) is 0 Å². The maximum Gasteiger partial charge on any atom is 0.358 e. The fourth-order valence-electron chi connectivity index (χ4n) is 6.29. The van der Waals surface area contributed by atoms with Gasteiger partial charge in [-0.15, -0.1) is 0 Å². The van der Waals surface area contributed by atoms with Crippen molar-refractivity contribution in [2.45, 2.75) is 52.7 Å². The Hall–Kier alpha value is -5.00. The summed E-state index contributed by atoms with van der Waals surface area (Å²) in [6.07, 6.45) is 4.84. The highest BCUT2D eigenvalue weighted by Gasteiger charge is 2.50. The Kier molecular flexibility index (Phi) is 9.98. The van der Waals surface area contributed by atoms with Crippen molar-refractivity contribution in [1.82, 2.24) is 0 Å². The summed E-state index contributed by atoms with van der Waals surface area (Å²) in [7, 11) is 5.62. The number of hydrogen-bond donors (Lipinski definition) is 1. The maximum absolute atomic E-state index is 13.8. The van der Waals surface area contributed by atoms with E-state index in [-0.39, 0.29) is 46.7 Å². The molecule has 0 fully saturated rings. The SMILES string of the molecule is COC1=CC(OC)=C2C(=O)C(O)=C(C[C@@H](C)OC(C)=O)C=C2C1C1C(OC)=CC(=[O+]C)C2=C1C=C(C[C@@H](C)OC(C)=O)C(=O)C2=O. The molecule has 0 spiro atoms. The van der Waals surface area contributed by atoms with Crippen molar-refractivity contribution in [1.29, 1.82) is 0 Å². The summed E-state index contributed by atoms with van der Waals surface area (Å²) in [5, 5.41) is 11.0. The molecule has 0 bridgehead atoms. The molecule has 0 saturated carbocycles. The number of aliphatic hydroxyl groups excluding tert-OH is 1. The molecular formula is C34H37O12+. The number of rotatable bonds is 10. The van der Waals surface area contributed by atoms with Gasteiger partial charge in [-0.05, 0) is 31.1 Å². The van der Waals surface area contributed by atoms with Gasteiger partial charge in [-0.1, -0.05) is 6.08 Å². The quantitative estimate of drug-likeness (QED) is 0.123. The molecule has 12 heteroatoms. The number of esters is 2. The van der Waals surface area contributed by atoms with Crippen molar-refractivity contribution >= 4 is 35.1 Å². The second kappa shape index (κ2) is 13.6. The van der Waals surface area contributed by atoms with E-state index in [0.29, 0.717) is 22.7 Å². The van der Waals surface area contributed by atoms with Gasteiger partial charge in [0.05, 0.1) is 44.8 Å². The number of methoxy groups -OCH3 is 3. The van der Waals surface area contributed by atoms with Crippen LogP contribution in [-0.2, 0) is 52.1 Å². The molecule has 0 aromatic rings. The molecule has 2 unspecified atom stereocenters. The summed E-state index contributed by atoms with van der Waals surface area (Å²) in [6.45, 7) is 5.76. The lowest BCUT2D eigenvalue weighted by Crippen LogP contribution is -2.39. The van der Waals surface area contributed by atoms with Gasteiger partial charge in [-0.2, -0.15) is 0 Å². The number of ketones is 4. The van der Waals surface area contributed by atoms with Gasteiger partial charge < -0.3 is 28.8 Å². The summed E-state index contributed by atoms with van der Waals surface area (Å²) in [5.41, 5.74) is 1.17. The third-order valence-electron chi connectivity index (χ3n) is 8.02. The standard InChI is InChI=1S/C34H36O12/c1-15(45-17(3)35)9-19-11-21-27(23(41-5)13-25(43-7)29(21)33(39)31(19)37)28-22-12-20(10-16(2)46-18(4)36)32(38)34(40)30(22)26(44-8)14-24(28)42-6/h11-16,27-28H,9-10H2,1-8H3/p+1/t15-,16-,27?,28?/m1/s1. The van der Waals surface area contributed by atoms with Crippen LogP contribution in [0.1, 0.15) is 40.5 Å². The van der Waals surface area contributed by atoms with Gasteiger partial charge in [-0.3, -0.25) is 28.4 Å². The van der Waals surface area contributed by atoms with Crippen molar-refractivity contribution < 1.29 is 57.2 Å². The van der Waals surface area contributed by atoms with E-state index in [9.17, 15) is 29.1 Å². The molecule has 46 heavy (non-hydrogen) atoms. The van der Waals surface area contributed by atoms with Gasteiger partial charge in [0.1, 0.15) is 35.1 Å². The Labute approximate surface area is 266 Å². The zero-order chi connectivity index (χ0) is 34.0. The molecule has 12 nitrogen and oxygen atoms in total. The molecule has 1 N–H and O–H groups in total. The third-order valence-corrected chi connectivity index (χ3v) is 8.02. The van der Waals surface area contributed by atoms with E-state index in [2.05, 4.69) is 0 Å². The van der Waals surface area contributed by atoms with Crippen molar-refractivity contribution in [3.8, 4) is 0 Å². The van der Waals surface area contributed by atoms with Crippen LogP contribution in [0, 0.1) is 11.8 Å². The Morgan fingerprint density at radius 1 is 0.783 bits per heavy atom. The molecule has 0 radical (unpaired) electrons. The number of Topliss-reactive ketones (excluding diaryl/α,β-unsaturated/α-hetero) is 3. The first-order valence-corrected chi connectivity index (χ1v) is 14.5. The van der Waals surface area contributed by atoms with E-state index in [4.69, 9.17) is 28.1 Å². The van der Waals surface area contributed by atoms with Crippen LogP contribution in [0.15, 0.2) is 80.8 Å². The minimum Gasteiger partial charge on any atom is -0.504 e. The van der Waals surface area contributed by atoms with Gasteiger partial charge in [0, 0.05) is 43.9 Å². The number of allylic oxidation sites excluding steroid dienone is 8. The van der Waals surface area contributed by atoms with Gasteiger partial charge in [0.25, 0.3) is 7.11 Å². The van der Waals surface area contributed by atoms with Gasteiger partial charge in [-0.25, -0.2) is 0 Å². The van der Waals surface area contributed by atoms with Crippen LogP contribution in [0.3, 0.4) is 0 Å². The van der Waals surface area contributed by atoms with Crippen LogP contribution in [0.4, 0.5) is 0 Å². The highest BCUT2D eigenvalue weighted by atomic mass is 16.5. The average Bonchev–Trinajstić information content (AvgIpc) is 2.99. The monoisotopic (exact) mass is 637 g/mol. The molecule has 4 rings (SSSR count). The van der Waals surface area contributed by atoms with Crippen molar-refractivity contribution in [3.05, 3.63) is 80.8 Å². The Morgan fingerprint density at radius 2 is 1.37 bits per heavy atom. The average molecular weight is 638 g/mol. The lowest BCUT2D eigenvalue weighted by Gasteiger charge is -2.39. The molecule has 0 heterocycles. The molecule has 0 amide bonds. The fourth-order valence-corrected chi connectivity index (χ4v) is 6.29. The first-order chi connectivity index (χ1) is 21.8. The zero-order valence-electron chi connectivity index (χ0n) is 27.0. The topological polar surface area (TPSA) is 163 Å². The van der Waals surface area contributed by atoms with Gasteiger partial charge in [0.15, 0.2) is 5.76 Å². The van der Waals surface area contributed by atoms with Crippen molar-refractivity contribution in [2.75, 3.05) is 28.4 Å². The molecule has 0 saturated heterocycles. The Morgan fingerprint density at radius 3 is 1.91 bits per heavy atom. The summed E-state index contributed by atoms with van der Waals surface area (Å²) in [4.78, 5) is 64.0. The molecule has 244 valence electrons. The van der Waals surface area contributed by atoms with E-state index >= 15 is 0 Å². The molecule has 4 aliphatic carbocycles. The number of aliphatic hydroxyl groups is 1. The minimum absolute atomic E-state index is 0.0190. The van der Waals surface area contributed by atoms with E-state index in [1.807, 2.05) is 0 Å². The summed E-state index contributed by atoms with van der Waals surface area (Å²) < 4.78 is 33.3. The Balaban J connectivity index is 1.97. The number of carbonyl (C=O) groups is 5. The number of fused-ring (bicyclic) bond motifs is 1. The van der Waals surface area contributed by atoms with Crippen LogP contribution in [0.5, 0.6) is 0 Å². The predicted molar refractivity (Wildman–Crippen MR) is 162 cm³/mol. The normalized spacial score (nSPS) is 23.5. The second-order valence-electron chi connectivity index (χ2n) is 11.2. The van der Waals surface area contributed by atoms with E-state index in [1.54, 1.807) is 26.0 Å². The van der Waals surface area contributed by atoms with E-state index < -0.39 is 59.1 Å². The highest BCUT2D eigenvalue weighted by Crippen LogP contribution is 2.50. The predicted octanol–water partition coefficient (Wildman–Crippen LogP) is 3.32. The smallest absolute Gasteiger partial charge is 0.358 e. The largest absolute Gasteiger partial charge is 0.504 e. The lowest BCUT2D eigenvalue weighted by molar-refractivity contribution is -0.418. The highest BCUT2D eigenvalue weighted by molar-refractivity contribution is 6.56. The summed E-state index contributed by atoms with van der Waals surface area (Å²) in [6, 6.07) is 0. The van der Waals surface area contributed by atoms with Gasteiger partial charge >= 0.3 is 17.7 Å². The number of hydrogen-bond acceptors (Lipinski definition) is 11. The zero-order valence-corrected chi connectivity index (χ0v) is 27.0. The molecule has 4 atom stereocenters. The molecular weight excluding hydrogens is 600 g/mol. The van der Waals surface area contributed by atoms with Gasteiger partial charge in [0.2, 0.25) is 17.3 Å². The molecule has 0 aromatic carbocycles. The first-order valence-electron chi connectivity index (χ1n) is 14.5. The summed E-state index contributed by atoms with van der Waals surface area (Å²) >= 11 is 0. The van der Waals surface area contributed by atoms with E-state index in [0.717, 1.165) is 0 Å². The van der Waals surface area contributed by atoms with Crippen LogP contribution < -0.4 is 0 Å². The molecule has 4 aliphatic rings. The lowest BCUT2D eigenvalue weighted by atomic mass is 9.66. The number of carbonyl (C=O) groups excluding carboxylic acids is 6. The third kappa shape index (κ3) is 6.24. The second-order valence-corrected chi connectivity index (χ2v) is 11.2. The maximum atomic E-state index is 13.8. The Bertz CT molecular complexity index is 1660.